The van der Waals surface area contributed by atoms with Crippen LogP contribution >= 0.6 is 0 Å². The topological polar surface area (TPSA) is 105 Å². The number of likely N-dealkylation sites (tertiary alicyclic amines) is 1. The summed E-state index contributed by atoms with van der Waals surface area (Å²) in [6, 6.07) is -0.470. The average Bonchev–Trinajstić information content (AvgIpc) is 3.30. The summed E-state index contributed by atoms with van der Waals surface area (Å²) in [7, 11) is 1.45. The number of nitrogens with two attached hydrogens (primary N) is 1. The van der Waals surface area contributed by atoms with Crippen LogP contribution in [0.3, 0.4) is 0 Å². The maximum atomic E-state index is 12.6. The van der Waals surface area contributed by atoms with Gasteiger partial charge < -0.3 is 25.6 Å². The molecule has 8 nitrogen and oxygen atoms in total. The number of methoxy groups -OCH3 is 1. The van der Waals surface area contributed by atoms with E-state index in [1.165, 1.54) is 7.11 Å². The van der Waals surface area contributed by atoms with Gasteiger partial charge in [0.05, 0.1) is 6.04 Å². The quantitative estimate of drug-likeness (QED) is 0.601. The summed E-state index contributed by atoms with van der Waals surface area (Å²) in [5.74, 6) is -0.459. The lowest BCUT2D eigenvalue weighted by molar-refractivity contribution is -0.141. The Balaban J connectivity index is 2.16. The summed E-state index contributed by atoms with van der Waals surface area (Å²) in [4.78, 5) is 41.0. The maximum Gasteiger partial charge on any atom is 0.249 e. The van der Waals surface area contributed by atoms with Gasteiger partial charge in [0.1, 0.15) is 12.6 Å². The minimum Gasteiger partial charge on any atom is -0.375 e. The Morgan fingerprint density at radius 1 is 1.28 bits per heavy atom. The highest BCUT2D eigenvalue weighted by Gasteiger charge is 2.46. The molecule has 2 unspecified atom stereocenters. The van der Waals surface area contributed by atoms with Gasteiger partial charge in [-0.15, -0.1) is 0 Å². The molecule has 1 saturated heterocycles. The molecule has 2 aliphatic rings. The van der Waals surface area contributed by atoms with E-state index in [4.69, 9.17) is 10.5 Å². The number of nitrogens with one attached hydrogen (secondary N) is 1. The first-order valence-electron chi connectivity index (χ1n) is 8.99. The molecule has 1 aliphatic heterocycles. The number of amides is 3. The number of ether oxygens (including phenoxy) is 1. The lowest BCUT2D eigenvalue weighted by Crippen LogP contribution is -2.48. The Hall–Kier alpha value is -1.67. The van der Waals surface area contributed by atoms with Crippen molar-refractivity contribution >= 4 is 17.7 Å². The smallest absolute Gasteiger partial charge is 0.249 e. The highest BCUT2D eigenvalue weighted by Crippen LogP contribution is 2.34. The van der Waals surface area contributed by atoms with Gasteiger partial charge in [-0.05, 0) is 19.3 Å². The first-order valence-corrected chi connectivity index (χ1v) is 8.99. The number of rotatable bonds is 8. The second-order valence-corrected chi connectivity index (χ2v) is 7.10. The fraction of sp³-hybridized carbons (Fsp3) is 0.824. The molecule has 0 radical (unpaired) electrons. The molecular weight excluding hydrogens is 324 g/mol. The van der Waals surface area contributed by atoms with Crippen molar-refractivity contribution in [2.45, 2.75) is 51.2 Å². The van der Waals surface area contributed by atoms with Gasteiger partial charge in [0.2, 0.25) is 17.7 Å². The maximum absolute atomic E-state index is 12.6. The normalized spacial score (nSPS) is 23.0. The zero-order valence-corrected chi connectivity index (χ0v) is 15.4. The minimum absolute atomic E-state index is 0.0745. The highest BCUT2D eigenvalue weighted by atomic mass is 16.5. The van der Waals surface area contributed by atoms with E-state index < -0.39 is 6.04 Å². The fourth-order valence-corrected chi connectivity index (χ4v) is 3.37. The summed E-state index contributed by atoms with van der Waals surface area (Å²) < 4.78 is 4.94. The molecule has 0 aromatic heterocycles. The minimum atomic E-state index is -0.583. The Morgan fingerprint density at radius 2 is 1.96 bits per heavy atom. The summed E-state index contributed by atoms with van der Waals surface area (Å²) in [6.07, 6.45) is 2.44. The molecule has 25 heavy (non-hydrogen) atoms. The van der Waals surface area contributed by atoms with Crippen molar-refractivity contribution in [3.63, 3.8) is 0 Å². The summed E-state index contributed by atoms with van der Waals surface area (Å²) in [5, 5.41) is 2.76. The third-order valence-corrected chi connectivity index (χ3v) is 4.70. The number of hydrogen-bond acceptors (Lipinski definition) is 5. The molecule has 1 aliphatic carbocycles. The predicted molar refractivity (Wildman–Crippen MR) is 92.6 cm³/mol. The van der Waals surface area contributed by atoms with Crippen LogP contribution in [0.25, 0.3) is 0 Å². The third-order valence-electron chi connectivity index (χ3n) is 4.70. The Bertz CT molecular complexity index is 507. The number of nitrogens with zero attached hydrogens (tertiary/aromatic N) is 2. The summed E-state index contributed by atoms with van der Waals surface area (Å²) >= 11 is 0. The molecular formula is C17H30N4O4. The summed E-state index contributed by atoms with van der Waals surface area (Å²) in [6.45, 7) is 4.77. The molecule has 1 saturated carbocycles. The standard InChI is InChI=1S/C17H30N4O4/c1-11(2)17(24)21(12-4-5-12)13-8-14(16(23)19-7-6-18)20(9-13)15(22)10-25-3/h11-14H,4-10,18H2,1-3H3,(H,19,23). The van der Waals surface area contributed by atoms with Gasteiger partial charge in [-0.2, -0.15) is 0 Å². The fourth-order valence-electron chi connectivity index (χ4n) is 3.37. The predicted octanol–water partition coefficient (Wildman–Crippen LogP) is -0.676. The van der Waals surface area contributed by atoms with Gasteiger partial charge in [-0.25, -0.2) is 0 Å². The van der Waals surface area contributed by atoms with Crippen LogP contribution in [0.5, 0.6) is 0 Å². The molecule has 142 valence electrons. The number of carbonyl (C=O) groups excluding carboxylic acids is 3. The highest BCUT2D eigenvalue weighted by molar-refractivity contribution is 5.89. The molecule has 2 rings (SSSR count). The zero-order chi connectivity index (χ0) is 18.6. The van der Waals surface area contributed by atoms with Crippen LogP contribution in [0.1, 0.15) is 33.1 Å². The molecule has 3 amide bonds. The second-order valence-electron chi connectivity index (χ2n) is 7.10. The third kappa shape index (κ3) is 4.70. The van der Waals surface area contributed by atoms with Gasteiger partial charge in [0.15, 0.2) is 0 Å². The van der Waals surface area contributed by atoms with Crippen molar-refractivity contribution in [2.75, 3.05) is 33.4 Å². The molecule has 2 atom stereocenters. The van der Waals surface area contributed by atoms with Crippen molar-refractivity contribution in [1.82, 2.24) is 15.1 Å². The lowest BCUT2D eigenvalue weighted by Gasteiger charge is -2.30. The first-order chi connectivity index (χ1) is 11.9. The van der Waals surface area contributed by atoms with Crippen molar-refractivity contribution in [3.8, 4) is 0 Å². The first kappa shape index (κ1) is 19.7. The van der Waals surface area contributed by atoms with Crippen LogP contribution in [-0.4, -0.2) is 79.0 Å². The van der Waals surface area contributed by atoms with Crippen molar-refractivity contribution in [3.05, 3.63) is 0 Å². The van der Waals surface area contributed by atoms with E-state index in [0.717, 1.165) is 12.8 Å². The number of hydrogen-bond donors (Lipinski definition) is 2. The molecule has 0 bridgehead atoms. The van der Waals surface area contributed by atoms with Crippen LogP contribution in [0.4, 0.5) is 0 Å². The molecule has 0 aromatic carbocycles. The average molecular weight is 354 g/mol. The van der Waals surface area contributed by atoms with Crippen LogP contribution in [0, 0.1) is 5.92 Å². The Labute approximate surface area is 149 Å². The zero-order valence-electron chi connectivity index (χ0n) is 15.4. The van der Waals surface area contributed by atoms with Gasteiger partial charge in [-0.3, -0.25) is 14.4 Å². The molecule has 0 aromatic rings. The second kappa shape index (κ2) is 8.62. The van der Waals surface area contributed by atoms with E-state index >= 15 is 0 Å². The van der Waals surface area contributed by atoms with E-state index in [-0.39, 0.29) is 42.3 Å². The lowest BCUT2D eigenvalue weighted by atomic mass is 10.1. The number of carbonyl (C=O) groups is 3. The SMILES string of the molecule is COCC(=O)N1CC(N(C(=O)C(C)C)C2CC2)CC1C(=O)NCCN. The van der Waals surface area contributed by atoms with Crippen LogP contribution in [0.2, 0.25) is 0 Å². The van der Waals surface area contributed by atoms with Gasteiger partial charge in [-0.1, -0.05) is 13.8 Å². The van der Waals surface area contributed by atoms with Crippen molar-refractivity contribution in [1.29, 1.82) is 0 Å². The summed E-state index contributed by atoms with van der Waals surface area (Å²) in [5.41, 5.74) is 5.45. The van der Waals surface area contributed by atoms with Crippen LogP contribution < -0.4 is 11.1 Å². The monoisotopic (exact) mass is 354 g/mol. The van der Waals surface area contributed by atoms with E-state index in [1.807, 2.05) is 18.7 Å². The van der Waals surface area contributed by atoms with E-state index in [1.54, 1.807) is 4.90 Å². The van der Waals surface area contributed by atoms with Gasteiger partial charge >= 0.3 is 0 Å². The van der Waals surface area contributed by atoms with Crippen molar-refractivity contribution < 1.29 is 19.1 Å². The van der Waals surface area contributed by atoms with Crippen LogP contribution in [-0.2, 0) is 19.1 Å². The Morgan fingerprint density at radius 3 is 2.48 bits per heavy atom. The molecule has 8 heteroatoms. The van der Waals surface area contributed by atoms with E-state index in [2.05, 4.69) is 5.32 Å². The molecule has 1 heterocycles. The van der Waals surface area contributed by atoms with Gasteiger partial charge in [0, 0.05) is 38.7 Å². The Kier molecular flexibility index (Phi) is 6.78. The van der Waals surface area contributed by atoms with E-state index in [9.17, 15) is 14.4 Å². The van der Waals surface area contributed by atoms with Crippen LogP contribution in [0.15, 0.2) is 0 Å². The van der Waals surface area contributed by atoms with E-state index in [0.29, 0.717) is 26.1 Å². The molecule has 3 N–H and O–H groups in total. The van der Waals surface area contributed by atoms with Gasteiger partial charge in [0.25, 0.3) is 0 Å². The molecule has 0 spiro atoms. The molecule has 2 fully saturated rings. The largest absolute Gasteiger partial charge is 0.375 e. The van der Waals surface area contributed by atoms with Crippen molar-refractivity contribution in [2.24, 2.45) is 11.7 Å².